The SMILES string of the molecule is N#Cc1ccc(NC(=O)Cc2ccccc2O)cc1. The minimum atomic E-state index is -0.216. The van der Waals surface area contributed by atoms with E-state index in [4.69, 9.17) is 5.26 Å². The number of nitrogens with zero attached hydrogens (tertiary/aromatic N) is 1. The molecule has 0 aromatic heterocycles. The fourth-order valence-corrected chi connectivity index (χ4v) is 1.67. The summed E-state index contributed by atoms with van der Waals surface area (Å²) in [6, 6.07) is 15.3. The Kier molecular flexibility index (Phi) is 3.79. The fourth-order valence-electron chi connectivity index (χ4n) is 1.67. The first-order valence-electron chi connectivity index (χ1n) is 5.76. The Hall–Kier alpha value is -2.80. The van der Waals surface area contributed by atoms with Crippen molar-refractivity contribution in [1.29, 1.82) is 5.26 Å². The van der Waals surface area contributed by atoms with Crippen LogP contribution >= 0.6 is 0 Å². The number of rotatable bonds is 3. The van der Waals surface area contributed by atoms with E-state index in [-0.39, 0.29) is 18.1 Å². The van der Waals surface area contributed by atoms with Crippen molar-refractivity contribution < 1.29 is 9.90 Å². The lowest BCUT2D eigenvalue weighted by molar-refractivity contribution is -0.115. The van der Waals surface area contributed by atoms with Gasteiger partial charge in [0.15, 0.2) is 0 Å². The molecule has 0 bridgehead atoms. The van der Waals surface area contributed by atoms with Gasteiger partial charge in [-0.2, -0.15) is 5.26 Å². The van der Waals surface area contributed by atoms with Gasteiger partial charge >= 0.3 is 0 Å². The quantitative estimate of drug-likeness (QED) is 0.881. The van der Waals surface area contributed by atoms with Crippen LogP contribution in [-0.2, 0) is 11.2 Å². The summed E-state index contributed by atoms with van der Waals surface area (Å²) in [6.45, 7) is 0. The zero-order valence-electron chi connectivity index (χ0n) is 10.1. The Labute approximate surface area is 110 Å². The number of benzene rings is 2. The molecule has 2 rings (SSSR count). The largest absolute Gasteiger partial charge is 0.508 e. The lowest BCUT2D eigenvalue weighted by atomic mass is 10.1. The number of para-hydroxylation sites is 1. The van der Waals surface area contributed by atoms with Crippen LogP contribution < -0.4 is 5.32 Å². The lowest BCUT2D eigenvalue weighted by Gasteiger charge is -2.06. The molecule has 0 heterocycles. The van der Waals surface area contributed by atoms with Crippen LogP contribution in [0.5, 0.6) is 5.75 Å². The average molecular weight is 252 g/mol. The number of aromatic hydroxyl groups is 1. The van der Waals surface area contributed by atoms with Crippen molar-refractivity contribution in [3.63, 3.8) is 0 Å². The van der Waals surface area contributed by atoms with Gasteiger partial charge in [0.25, 0.3) is 0 Å². The minimum Gasteiger partial charge on any atom is -0.508 e. The van der Waals surface area contributed by atoms with Gasteiger partial charge in [0.2, 0.25) is 5.91 Å². The van der Waals surface area contributed by atoms with Crippen molar-refractivity contribution in [1.82, 2.24) is 0 Å². The summed E-state index contributed by atoms with van der Waals surface area (Å²) in [5.74, 6) is -0.108. The molecule has 0 aliphatic rings. The molecule has 0 spiro atoms. The van der Waals surface area contributed by atoms with E-state index in [0.29, 0.717) is 16.8 Å². The molecule has 19 heavy (non-hydrogen) atoms. The van der Waals surface area contributed by atoms with Gasteiger partial charge in [0.1, 0.15) is 5.75 Å². The normalized spacial score (nSPS) is 9.63. The van der Waals surface area contributed by atoms with E-state index in [0.717, 1.165) is 0 Å². The zero-order valence-corrected chi connectivity index (χ0v) is 10.1. The number of nitriles is 1. The van der Waals surface area contributed by atoms with E-state index in [1.54, 1.807) is 48.5 Å². The number of phenols is 1. The summed E-state index contributed by atoms with van der Waals surface area (Å²) >= 11 is 0. The Morgan fingerprint density at radius 3 is 2.47 bits per heavy atom. The highest BCUT2D eigenvalue weighted by atomic mass is 16.3. The maximum absolute atomic E-state index is 11.8. The van der Waals surface area contributed by atoms with Crippen molar-refractivity contribution in [3.05, 3.63) is 59.7 Å². The number of anilines is 1. The monoisotopic (exact) mass is 252 g/mol. The summed E-state index contributed by atoms with van der Waals surface area (Å²) < 4.78 is 0. The van der Waals surface area contributed by atoms with Gasteiger partial charge in [0.05, 0.1) is 18.1 Å². The van der Waals surface area contributed by atoms with Crippen LogP contribution in [0, 0.1) is 11.3 Å². The Morgan fingerprint density at radius 1 is 1.16 bits per heavy atom. The second-order valence-electron chi connectivity index (χ2n) is 4.04. The average Bonchev–Trinajstić information content (AvgIpc) is 2.42. The topological polar surface area (TPSA) is 73.1 Å². The van der Waals surface area contributed by atoms with E-state index in [9.17, 15) is 9.90 Å². The summed E-state index contributed by atoms with van der Waals surface area (Å²) in [6.07, 6.45) is 0.104. The minimum absolute atomic E-state index is 0.104. The van der Waals surface area contributed by atoms with Crippen LogP contribution in [0.15, 0.2) is 48.5 Å². The Bertz CT molecular complexity index is 627. The van der Waals surface area contributed by atoms with E-state index < -0.39 is 0 Å². The third-order valence-electron chi connectivity index (χ3n) is 2.64. The van der Waals surface area contributed by atoms with Crippen LogP contribution in [0.3, 0.4) is 0 Å². The fraction of sp³-hybridized carbons (Fsp3) is 0.0667. The molecule has 2 aromatic carbocycles. The zero-order chi connectivity index (χ0) is 13.7. The third-order valence-corrected chi connectivity index (χ3v) is 2.64. The molecule has 0 atom stereocenters. The summed E-state index contributed by atoms with van der Waals surface area (Å²) in [5.41, 5.74) is 1.74. The maximum atomic E-state index is 11.8. The molecule has 4 heteroatoms. The predicted molar refractivity (Wildman–Crippen MR) is 71.6 cm³/mol. The highest BCUT2D eigenvalue weighted by Gasteiger charge is 2.07. The number of phenolic OH excluding ortho intramolecular Hbond substituents is 1. The Morgan fingerprint density at radius 2 is 1.84 bits per heavy atom. The summed E-state index contributed by atoms with van der Waals surface area (Å²) in [4.78, 5) is 11.8. The van der Waals surface area contributed by atoms with Crippen molar-refractivity contribution in [2.24, 2.45) is 0 Å². The van der Waals surface area contributed by atoms with E-state index >= 15 is 0 Å². The molecular formula is C15H12N2O2. The molecule has 94 valence electrons. The van der Waals surface area contributed by atoms with Crippen molar-refractivity contribution in [2.75, 3.05) is 5.32 Å². The second kappa shape index (κ2) is 5.69. The van der Waals surface area contributed by atoms with E-state index in [2.05, 4.69) is 5.32 Å². The van der Waals surface area contributed by atoms with Crippen LogP contribution in [0.1, 0.15) is 11.1 Å². The molecule has 4 nitrogen and oxygen atoms in total. The van der Waals surface area contributed by atoms with E-state index in [1.807, 2.05) is 6.07 Å². The van der Waals surface area contributed by atoms with Crippen molar-refractivity contribution in [2.45, 2.75) is 6.42 Å². The molecule has 2 aromatic rings. The van der Waals surface area contributed by atoms with Crippen LogP contribution in [0.25, 0.3) is 0 Å². The highest BCUT2D eigenvalue weighted by molar-refractivity contribution is 5.92. The Balaban J connectivity index is 2.01. The van der Waals surface area contributed by atoms with Gasteiger partial charge < -0.3 is 10.4 Å². The first-order valence-corrected chi connectivity index (χ1v) is 5.76. The van der Waals surface area contributed by atoms with Gasteiger partial charge in [-0.3, -0.25) is 4.79 Å². The molecule has 0 radical (unpaired) electrons. The third kappa shape index (κ3) is 3.33. The van der Waals surface area contributed by atoms with Gasteiger partial charge in [-0.05, 0) is 30.3 Å². The van der Waals surface area contributed by atoms with Gasteiger partial charge in [-0.25, -0.2) is 0 Å². The van der Waals surface area contributed by atoms with Crippen molar-refractivity contribution >= 4 is 11.6 Å². The first-order chi connectivity index (χ1) is 9.19. The summed E-state index contributed by atoms with van der Waals surface area (Å²) in [5, 5.41) is 21.0. The molecule has 0 aliphatic carbocycles. The number of carbonyl (C=O) groups is 1. The molecule has 0 fully saturated rings. The number of carbonyl (C=O) groups excluding carboxylic acids is 1. The number of hydrogen-bond acceptors (Lipinski definition) is 3. The van der Waals surface area contributed by atoms with Gasteiger partial charge in [0, 0.05) is 11.3 Å². The lowest BCUT2D eigenvalue weighted by Crippen LogP contribution is -2.14. The molecule has 1 amide bonds. The molecule has 2 N–H and O–H groups in total. The smallest absolute Gasteiger partial charge is 0.228 e. The van der Waals surface area contributed by atoms with Crippen LogP contribution in [0.4, 0.5) is 5.69 Å². The van der Waals surface area contributed by atoms with E-state index in [1.165, 1.54) is 0 Å². The first kappa shape index (κ1) is 12.7. The molecular weight excluding hydrogens is 240 g/mol. The number of amides is 1. The van der Waals surface area contributed by atoms with Crippen molar-refractivity contribution in [3.8, 4) is 11.8 Å². The standard InChI is InChI=1S/C15H12N2O2/c16-10-11-5-7-13(8-6-11)17-15(19)9-12-3-1-2-4-14(12)18/h1-8,18H,9H2,(H,17,19). The van der Waals surface area contributed by atoms with Crippen LogP contribution in [0.2, 0.25) is 0 Å². The maximum Gasteiger partial charge on any atom is 0.228 e. The summed E-state index contributed by atoms with van der Waals surface area (Å²) in [7, 11) is 0. The number of nitrogens with one attached hydrogen (secondary N) is 1. The predicted octanol–water partition coefficient (Wildman–Crippen LogP) is 2.45. The molecule has 0 saturated carbocycles. The van der Waals surface area contributed by atoms with Gasteiger partial charge in [-0.15, -0.1) is 0 Å². The van der Waals surface area contributed by atoms with Gasteiger partial charge in [-0.1, -0.05) is 18.2 Å². The molecule has 0 saturated heterocycles. The highest BCUT2D eigenvalue weighted by Crippen LogP contribution is 2.17. The van der Waals surface area contributed by atoms with Crippen LogP contribution in [-0.4, -0.2) is 11.0 Å². The second-order valence-corrected chi connectivity index (χ2v) is 4.04. The molecule has 0 aliphatic heterocycles. The number of hydrogen-bond donors (Lipinski definition) is 2. The molecule has 0 unspecified atom stereocenters.